The Hall–Kier alpha value is -2.02. The van der Waals surface area contributed by atoms with E-state index < -0.39 is 0 Å². The predicted molar refractivity (Wildman–Crippen MR) is 88.1 cm³/mol. The highest BCUT2D eigenvalue weighted by Crippen LogP contribution is 2.31. The smallest absolute Gasteiger partial charge is 0.274 e. The van der Waals surface area contributed by atoms with Gasteiger partial charge in [-0.1, -0.05) is 0 Å². The topological polar surface area (TPSA) is 68.2 Å². The summed E-state index contributed by atoms with van der Waals surface area (Å²) in [4.78, 5) is 20.4. The van der Waals surface area contributed by atoms with E-state index in [0.717, 1.165) is 30.1 Å². The molecular formula is C16H20N4O2S. The van der Waals surface area contributed by atoms with Crippen LogP contribution < -0.4 is 4.74 Å². The lowest BCUT2D eigenvalue weighted by Gasteiger charge is -2.31. The van der Waals surface area contributed by atoms with Crippen LogP contribution in [0.3, 0.4) is 0 Å². The molecule has 7 heteroatoms. The minimum Gasteiger partial charge on any atom is -0.480 e. The third kappa shape index (κ3) is 3.34. The van der Waals surface area contributed by atoms with Crippen LogP contribution in [0.15, 0.2) is 12.1 Å². The Bertz CT molecular complexity index is 679. The van der Waals surface area contributed by atoms with E-state index in [-0.39, 0.29) is 5.91 Å². The normalized spacial score (nSPS) is 18.0. The highest BCUT2D eigenvalue weighted by molar-refractivity contribution is 7.11. The van der Waals surface area contributed by atoms with Crippen molar-refractivity contribution < 1.29 is 9.53 Å². The molecule has 0 spiro atoms. The van der Waals surface area contributed by atoms with Crippen LogP contribution >= 0.6 is 11.3 Å². The van der Waals surface area contributed by atoms with E-state index in [2.05, 4.69) is 22.1 Å². The molecule has 2 aromatic heterocycles. The molecule has 1 amide bonds. The number of thiazole rings is 1. The second-order valence-electron chi connectivity index (χ2n) is 5.74. The molecule has 0 radical (unpaired) electrons. The Balaban J connectivity index is 1.73. The molecule has 1 aliphatic rings. The number of aromatic nitrogens is 3. The van der Waals surface area contributed by atoms with Crippen LogP contribution in [0.25, 0.3) is 0 Å². The van der Waals surface area contributed by atoms with Gasteiger partial charge in [-0.3, -0.25) is 4.79 Å². The first-order valence-corrected chi connectivity index (χ1v) is 8.51. The van der Waals surface area contributed by atoms with Crippen LogP contribution in [-0.4, -0.2) is 46.2 Å². The minimum atomic E-state index is -0.0742. The molecule has 23 heavy (non-hydrogen) atoms. The van der Waals surface area contributed by atoms with Crippen molar-refractivity contribution in [3.8, 4) is 5.88 Å². The van der Waals surface area contributed by atoms with Crippen molar-refractivity contribution >= 4 is 17.2 Å². The van der Waals surface area contributed by atoms with Crippen molar-refractivity contribution in [3.05, 3.63) is 33.4 Å². The van der Waals surface area contributed by atoms with E-state index >= 15 is 0 Å². The van der Waals surface area contributed by atoms with Gasteiger partial charge >= 0.3 is 0 Å². The average molecular weight is 332 g/mol. The van der Waals surface area contributed by atoms with Gasteiger partial charge in [0, 0.05) is 30.0 Å². The van der Waals surface area contributed by atoms with Gasteiger partial charge in [0.2, 0.25) is 5.88 Å². The average Bonchev–Trinajstić information content (AvgIpc) is 2.93. The summed E-state index contributed by atoms with van der Waals surface area (Å²) < 4.78 is 4.98. The van der Waals surface area contributed by atoms with Crippen molar-refractivity contribution in [2.24, 2.45) is 0 Å². The molecule has 6 nitrogen and oxygen atoms in total. The van der Waals surface area contributed by atoms with Crippen molar-refractivity contribution in [1.29, 1.82) is 0 Å². The lowest BCUT2D eigenvalue weighted by Crippen LogP contribution is -2.39. The molecule has 2 aromatic rings. The summed E-state index contributed by atoms with van der Waals surface area (Å²) in [5.74, 6) is 0.651. The van der Waals surface area contributed by atoms with Crippen LogP contribution in [0.1, 0.15) is 44.8 Å². The molecule has 3 rings (SSSR count). The number of amides is 1. The molecule has 1 atom stereocenters. The molecule has 3 heterocycles. The van der Waals surface area contributed by atoms with Crippen molar-refractivity contribution in [1.82, 2.24) is 20.1 Å². The van der Waals surface area contributed by atoms with Gasteiger partial charge < -0.3 is 9.64 Å². The summed E-state index contributed by atoms with van der Waals surface area (Å²) in [5.41, 5.74) is 1.45. The monoisotopic (exact) mass is 332 g/mol. The maximum Gasteiger partial charge on any atom is 0.274 e. The van der Waals surface area contributed by atoms with Gasteiger partial charge in [0.1, 0.15) is 0 Å². The maximum absolute atomic E-state index is 12.6. The zero-order valence-electron chi connectivity index (χ0n) is 13.6. The third-order valence-corrected chi connectivity index (χ3v) is 5.41. The van der Waals surface area contributed by atoms with Gasteiger partial charge in [-0.15, -0.1) is 21.5 Å². The number of ether oxygens (including phenoxy) is 1. The molecule has 0 N–H and O–H groups in total. The SMILES string of the molecule is COc1ccc(C(=O)N2CCC[C@H](c3nc(C)c(C)s3)C2)nn1. The number of piperidine rings is 1. The Kier molecular flexibility index (Phi) is 4.56. The summed E-state index contributed by atoms with van der Waals surface area (Å²) in [5, 5.41) is 8.97. The fourth-order valence-corrected chi connectivity index (χ4v) is 3.79. The molecule has 0 unspecified atom stereocenters. The highest BCUT2D eigenvalue weighted by Gasteiger charge is 2.28. The van der Waals surface area contributed by atoms with Crippen molar-refractivity contribution in [3.63, 3.8) is 0 Å². The number of carbonyl (C=O) groups is 1. The van der Waals surface area contributed by atoms with E-state index in [4.69, 9.17) is 4.74 Å². The van der Waals surface area contributed by atoms with E-state index in [1.54, 1.807) is 23.5 Å². The zero-order chi connectivity index (χ0) is 16.4. The first kappa shape index (κ1) is 15.9. The number of methoxy groups -OCH3 is 1. The highest BCUT2D eigenvalue weighted by atomic mass is 32.1. The first-order valence-electron chi connectivity index (χ1n) is 7.69. The quantitative estimate of drug-likeness (QED) is 0.864. The van der Waals surface area contributed by atoms with Gasteiger partial charge in [-0.25, -0.2) is 4.98 Å². The zero-order valence-corrected chi connectivity index (χ0v) is 14.4. The number of rotatable bonds is 3. The summed E-state index contributed by atoms with van der Waals surface area (Å²) in [6, 6.07) is 3.32. The van der Waals surface area contributed by atoms with Crippen LogP contribution in [0.4, 0.5) is 0 Å². The Morgan fingerprint density at radius 2 is 2.17 bits per heavy atom. The van der Waals surface area contributed by atoms with Gasteiger partial charge in [-0.2, -0.15) is 0 Å². The lowest BCUT2D eigenvalue weighted by atomic mass is 9.98. The van der Waals surface area contributed by atoms with Gasteiger partial charge in [0.15, 0.2) is 5.69 Å². The number of hydrogen-bond donors (Lipinski definition) is 0. The largest absolute Gasteiger partial charge is 0.480 e. The maximum atomic E-state index is 12.6. The van der Waals surface area contributed by atoms with Crippen molar-refractivity contribution in [2.75, 3.05) is 20.2 Å². The number of nitrogens with zero attached hydrogens (tertiary/aromatic N) is 4. The molecule has 0 saturated carbocycles. The molecule has 0 aromatic carbocycles. The summed E-state index contributed by atoms with van der Waals surface area (Å²) >= 11 is 1.74. The lowest BCUT2D eigenvalue weighted by molar-refractivity contribution is 0.0699. The molecule has 122 valence electrons. The number of likely N-dealkylation sites (tertiary alicyclic amines) is 1. The summed E-state index contributed by atoms with van der Waals surface area (Å²) in [6.07, 6.45) is 2.06. The Morgan fingerprint density at radius 1 is 1.35 bits per heavy atom. The van der Waals surface area contributed by atoms with Gasteiger partial charge in [0.05, 0.1) is 17.8 Å². The van der Waals surface area contributed by atoms with Crippen molar-refractivity contribution in [2.45, 2.75) is 32.6 Å². The number of hydrogen-bond acceptors (Lipinski definition) is 6. The second kappa shape index (κ2) is 6.62. The molecular weight excluding hydrogens is 312 g/mol. The fourth-order valence-electron chi connectivity index (χ4n) is 2.74. The van der Waals surface area contributed by atoms with Crippen LogP contribution in [0.2, 0.25) is 0 Å². The molecule has 1 aliphatic heterocycles. The van der Waals surface area contributed by atoms with Crippen LogP contribution in [0, 0.1) is 13.8 Å². The predicted octanol–water partition coefficient (Wildman–Crippen LogP) is 2.58. The fraction of sp³-hybridized carbons (Fsp3) is 0.500. The third-order valence-electron chi connectivity index (χ3n) is 4.17. The summed E-state index contributed by atoms with van der Waals surface area (Å²) in [6.45, 7) is 5.58. The minimum absolute atomic E-state index is 0.0742. The first-order chi connectivity index (χ1) is 11.1. The van der Waals surface area contributed by atoms with E-state index in [1.165, 1.54) is 12.0 Å². The molecule has 0 bridgehead atoms. The summed E-state index contributed by atoms with van der Waals surface area (Å²) in [7, 11) is 1.53. The molecule has 1 fully saturated rings. The molecule has 0 aliphatic carbocycles. The number of aryl methyl sites for hydroxylation is 2. The van der Waals surface area contributed by atoms with Crippen LogP contribution in [0.5, 0.6) is 5.88 Å². The molecule has 1 saturated heterocycles. The number of carbonyl (C=O) groups excluding carboxylic acids is 1. The van der Waals surface area contributed by atoms with E-state index in [0.29, 0.717) is 24.0 Å². The Labute approximate surface area is 139 Å². The van der Waals surface area contributed by atoms with Gasteiger partial charge in [0.25, 0.3) is 5.91 Å². The van der Waals surface area contributed by atoms with Crippen LogP contribution in [-0.2, 0) is 0 Å². The van der Waals surface area contributed by atoms with Gasteiger partial charge in [-0.05, 0) is 32.8 Å². The van der Waals surface area contributed by atoms with E-state index in [9.17, 15) is 4.79 Å². The van der Waals surface area contributed by atoms with E-state index in [1.807, 2.05) is 11.8 Å². The second-order valence-corrected chi connectivity index (χ2v) is 6.98. The standard InChI is InChI=1S/C16H20N4O2S/c1-10-11(2)23-15(17-10)12-5-4-8-20(9-12)16(21)13-6-7-14(22-3)19-18-13/h6-7,12H,4-5,8-9H2,1-3H3/t12-/m0/s1. The Morgan fingerprint density at radius 3 is 2.78 bits per heavy atom.